The first-order valence-electron chi connectivity index (χ1n) is 11.8. The van der Waals surface area contributed by atoms with Gasteiger partial charge in [0.25, 0.3) is 5.91 Å². The van der Waals surface area contributed by atoms with Crippen molar-refractivity contribution in [2.45, 2.75) is 39.3 Å². The summed E-state index contributed by atoms with van der Waals surface area (Å²) in [6, 6.07) is 19.7. The lowest BCUT2D eigenvalue weighted by Gasteiger charge is -2.31. The summed E-state index contributed by atoms with van der Waals surface area (Å²) in [6.07, 6.45) is 1.24. The maximum Gasteiger partial charge on any atom is 0.261 e. The number of ether oxygens (including phenoxy) is 1. The van der Waals surface area contributed by atoms with E-state index in [4.69, 9.17) is 27.9 Å². The van der Waals surface area contributed by atoms with E-state index in [-0.39, 0.29) is 25.0 Å². The second-order valence-electron chi connectivity index (χ2n) is 8.26. The molecule has 0 aliphatic heterocycles. The Hall–Kier alpha value is -2.54. The summed E-state index contributed by atoms with van der Waals surface area (Å²) in [5.74, 6) is -0.0180. The van der Waals surface area contributed by atoms with Crippen LogP contribution in [0.2, 0.25) is 10.0 Å². The van der Waals surface area contributed by atoms with Gasteiger partial charge < -0.3 is 15.0 Å². The van der Waals surface area contributed by atoms with Crippen molar-refractivity contribution in [1.29, 1.82) is 0 Å². The summed E-state index contributed by atoms with van der Waals surface area (Å²) in [5, 5.41) is 3.79. The monoisotopic (exact) mass is 590 g/mol. The van der Waals surface area contributed by atoms with E-state index < -0.39 is 6.04 Å². The van der Waals surface area contributed by atoms with Gasteiger partial charge in [-0.25, -0.2) is 0 Å². The van der Waals surface area contributed by atoms with Crippen LogP contribution in [0.1, 0.15) is 30.5 Å². The van der Waals surface area contributed by atoms with Crippen molar-refractivity contribution >= 4 is 50.9 Å². The van der Waals surface area contributed by atoms with Gasteiger partial charge in [0, 0.05) is 29.6 Å². The zero-order valence-corrected chi connectivity index (χ0v) is 23.4. The molecular formula is C28H29BrCl2N2O3. The minimum Gasteiger partial charge on any atom is -0.483 e. The van der Waals surface area contributed by atoms with Gasteiger partial charge in [-0.05, 0) is 70.2 Å². The van der Waals surface area contributed by atoms with E-state index in [1.807, 2.05) is 55.5 Å². The molecule has 0 spiro atoms. The second kappa shape index (κ2) is 13.7. The van der Waals surface area contributed by atoms with E-state index in [0.29, 0.717) is 34.3 Å². The van der Waals surface area contributed by atoms with Crippen LogP contribution in [0.3, 0.4) is 0 Å². The van der Waals surface area contributed by atoms with Gasteiger partial charge in [0.1, 0.15) is 11.8 Å². The highest BCUT2D eigenvalue weighted by Gasteiger charge is 2.31. The largest absolute Gasteiger partial charge is 0.483 e. The highest BCUT2D eigenvalue weighted by atomic mass is 79.9. The summed E-state index contributed by atoms with van der Waals surface area (Å²) >= 11 is 16.0. The van der Waals surface area contributed by atoms with Crippen LogP contribution < -0.4 is 10.1 Å². The minimum atomic E-state index is -0.763. The number of aryl methyl sites for hydroxylation is 1. The standard InChI is InChI=1S/C28H29BrCl2N2O3/c1-3-19-10-13-26(23(29)14-19)36-18-27(34)33(17-21-11-12-22(30)16-24(21)31)25(28(35)32-4-2)15-20-8-6-5-7-9-20/h5-14,16,25H,3-4,15,17-18H2,1-2H3,(H,32,35)/t25-/m0/s1. The fourth-order valence-electron chi connectivity index (χ4n) is 3.78. The van der Waals surface area contributed by atoms with Gasteiger partial charge in [0.2, 0.25) is 5.91 Å². The number of likely N-dealkylation sites (N-methyl/N-ethyl adjacent to an activating group) is 1. The predicted molar refractivity (Wildman–Crippen MR) is 149 cm³/mol. The van der Waals surface area contributed by atoms with Crippen LogP contribution in [0, 0.1) is 0 Å². The molecule has 2 amide bonds. The van der Waals surface area contributed by atoms with E-state index in [0.717, 1.165) is 22.0 Å². The molecule has 3 rings (SSSR count). The van der Waals surface area contributed by atoms with Gasteiger partial charge >= 0.3 is 0 Å². The number of amides is 2. The van der Waals surface area contributed by atoms with Crippen LogP contribution in [-0.4, -0.2) is 35.9 Å². The fourth-order valence-corrected chi connectivity index (χ4v) is 4.79. The number of carbonyl (C=O) groups is 2. The van der Waals surface area contributed by atoms with Crippen LogP contribution in [0.15, 0.2) is 71.2 Å². The molecule has 190 valence electrons. The number of halogens is 3. The Morgan fingerprint density at radius 1 is 1.00 bits per heavy atom. The summed E-state index contributed by atoms with van der Waals surface area (Å²) in [4.78, 5) is 28.4. The van der Waals surface area contributed by atoms with E-state index in [2.05, 4.69) is 28.2 Å². The number of carbonyl (C=O) groups excluding carboxylic acids is 2. The molecule has 0 aliphatic carbocycles. The lowest BCUT2D eigenvalue weighted by Crippen LogP contribution is -2.51. The highest BCUT2D eigenvalue weighted by Crippen LogP contribution is 2.27. The molecular weight excluding hydrogens is 563 g/mol. The Morgan fingerprint density at radius 3 is 2.39 bits per heavy atom. The zero-order valence-electron chi connectivity index (χ0n) is 20.3. The number of nitrogens with zero attached hydrogens (tertiary/aromatic N) is 1. The molecule has 0 aliphatic rings. The molecule has 0 saturated carbocycles. The van der Waals surface area contributed by atoms with Gasteiger partial charge in [-0.3, -0.25) is 9.59 Å². The summed E-state index contributed by atoms with van der Waals surface area (Å²) in [7, 11) is 0. The third-order valence-electron chi connectivity index (χ3n) is 5.73. The van der Waals surface area contributed by atoms with E-state index in [1.165, 1.54) is 4.90 Å². The average Bonchev–Trinajstić information content (AvgIpc) is 2.87. The molecule has 36 heavy (non-hydrogen) atoms. The van der Waals surface area contributed by atoms with E-state index in [1.54, 1.807) is 18.2 Å². The van der Waals surface area contributed by atoms with E-state index in [9.17, 15) is 9.59 Å². The fraction of sp³-hybridized carbons (Fsp3) is 0.286. The second-order valence-corrected chi connectivity index (χ2v) is 9.96. The molecule has 8 heteroatoms. The van der Waals surface area contributed by atoms with Crippen LogP contribution in [0.5, 0.6) is 5.75 Å². The van der Waals surface area contributed by atoms with Crippen molar-refractivity contribution in [3.63, 3.8) is 0 Å². The first-order chi connectivity index (χ1) is 17.3. The summed E-state index contributed by atoms with van der Waals surface area (Å²) in [5.41, 5.74) is 2.77. The van der Waals surface area contributed by atoms with E-state index >= 15 is 0 Å². The van der Waals surface area contributed by atoms with Crippen molar-refractivity contribution in [3.05, 3.63) is 97.9 Å². The molecule has 0 saturated heterocycles. The van der Waals surface area contributed by atoms with Crippen LogP contribution in [-0.2, 0) is 29.0 Å². The van der Waals surface area contributed by atoms with Crippen LogP contribution >= 0.6 is 39.1 Å². The molecule has 3 aromatic rings. The zero-order chi connectivity index (χ0) is 26.1. The molecule has 0 radical (unpaired) electrons. The Labute approximate surface area is 230 Å². The molecule has 0 bridgehead atoms. The molecule has 3 aromatic carbocycles. The quantitative estimate of drug-likeness (QED) is 0.278. The smallest absolute Gasteiger partial charge is 0.261 e. The van der Waals surface area contributed by atoms with Crippen molar-refractivity contribution in [2.24, 2.45) is 0 Å². The van der Waals surface area contributed by atoms with Gasteiger partial charge in [-0.1, -0.05) is 72.6 Å². The molecule has 0 aromatic heterocycles. The SMILES string of the molecule is CCNC(=O)[C@H](Cc1ccccc1)N(Cc1ccc(Cl)cc1Cl)C(=O)COc1ccc(CC)cc1Br. The van der Waals surface area contributed by atoms with Gasteiger partial charge in [0.05, 0.1) is 4.47 Å². The number of rotatable bonds is 11. The van der Waals surface area contributed by atoms with Crippen molar-refractivity contribution in [3.8, 4) is 5.75 Å². The van der Waals surface area contributed by atoms with Gasteiger partial charge in [-0.15, -0.1) is 0 Å². The lowest BCUT2D eigenvalue weighted by molar-refractivity contribution is -0.142. The number of benzene rings is 3. The predicted octanol–water partition coefficient (Wildman–Crippen LogP) is 6.47. The Morgan fingerprint density at radius 2 is 1.75 bits per heavy atom. The molecule has 0 unspecified atom stereocenters. The first kappa shape index (κ1) is 28.0. The first-order valence-corrected chi connectivity index (χ1v) is 13.3. The average molecular weight is 592 g/mol. The Kier molecular flexibility index (Phi) is 10.7. The minimum absolute atomic E-state index is 0.128. The molecule has 1 N–H and O–H groups in total. The maximum atomic E-state index is 13.6. The van der Waals surface area contributed by atoms with Gasteiger partial charge in [0.15, 0.2) is 6.61 Å². The van der Waals surface area contributed by atoms with Crippen LogP contribution in [0.4, 0.5) is 0 Å². The number of hydrogen-bond donors (Lipinski definition) is 1. The molecule has 0 fully saturated rings. The third-order valence-corrected chi connectivity index (χ3v) is 6.94. The maximum absolute atomic E-state index is 13.6. The topological polar surface area (TPSA) is 58.6 Å². The number of hydrogen-bond acceptors (Lipinski definition) is 3. The molecule has 5 nitrogen and oxygen atoms in total. The third kappa shape index (κ3) is 7.73. The van der Waals surface area contributed by atoms with Crippen molar-refractivity contribution < 1.29 is 14.3 Å². The van der Waals surface area contributed by atoms with Crippen molar-refractivity contribution in [2.75, 3.05) is 13.2 Å². The summed E-state index contributed by atoms with van der Waals surface area (Å²) in [6.45, 7) is 4.25. The Balaban J connectivity index is 1.92. The Bertz CT molecular complexity index is 1190. The highest BCUT2D eigenvalue weighted by molar-refractivity contribution is 9.10. The lowest BCUT2D eigenvalue weighted by atomic mass is 10.0. The van der Waals surface area contributed by atoms with Crippen LogP contribution in [0.25, 0.3) is 0 Å². The molecule has 0 heterocycles. The van der Waals surface area contributed by atoms with Gasteiger partial charge in [-0.2, -0.15) is 0 Å². The summed E-state index contributed by atoms with van der Waals surface area (Å²) < 4.78 is 6.65. The molecule has 1 atom stereocenters. The van der Waals surface area contributed by atoms with Crippen molar-refractivity contribution in [1.82, 2.24) is 10.2 Å². The normalized spacial score (nSPS) is 11.6. The number of nitrogens with one attached hydrogen (secondary N) is 1.